The first kappa shape index (κ1) is 15.7. The first-order valence-corrected chi connectivity index (χ1v) is 8.96. The summed E-state index contributed by atoms with van der Waals surface area (Å²) in [5, 5.41) is 2.86. The summed E-state index contributed by atoms with van der Waals surface area (Å²) < 4.78 is 28.1. The Kier molecular flexibility index (Phi) is 4.71. The number of piperidine rings is 1. The molecule has 1 aromatic heterocycles. The van der Waals surface area contributed by atoms with Crippen molar-refractivity contribution in [1.82, 2.24) is 9.29 Å². The van der Waals surface area contributed by atoms with Gasteiger partial charge in [-0.05, 0) is 47.7 Å². The zero-order chi connectivity index (χ0) is 14.9. The third-order valence-electron chi connectivity index (χ3n) is 3.96. The lowest BCUT2D eigenvalue weighted by atomic mass is 9.94. The minimum atomic E-state index is -3.53. The monoisotopic (exact) mass is 361 g/mol. The lowest BCUT2D eigenvalue weighted by Crippen LogP contribution is -2.46. The number of halogens is 1. The van der Waals surface area contributed by atoms with Crippen molar-refractivity contribution in [3.63, 3.8) is 0 Å². The molecular formula is C13H20BrN3O2S. The Morgan fingerprint density at radius 2 is 2.15 bits per heavy atom. The van der Waals surface area contributed by atoms with E-state index in [9.17, 15) is 8.42 Å². The van der Waals surface area contributed by atoms with Gasteiger partial charge in [-0.25, -0.2) is 13.4 Å². The summed E-state index contributed by atoms with van der Waals surface area (Å²) in [4.78, 5) is 4.37. The number of anilines is 1. The highest BCUT2D eigenvalue weighted by Crippen LogP contribution is 2.32. The van der Waals surface area contributed by atoms with Crippen LogP contribution in [0.4, 0.5) is 5.82 Å². The van der Waals surface area contributed by atoms with Crippen LogP contribution in [0.2, 0.25) is 0 Å². The number of nitrogens with one attached hydrogen (secondary N) is 1. The Labute approximate surface area is 129 Å². The molecule has 1 fully saturated rings. The average molecular weight is 362 g/mol. The van der Waals surface area contributed by atoms with Gasteiger partial charge in [-0.3, -0.25) is 0 Å². The van der Waals surface area contributed by atoms with Crippen LogP contribution in [0, 0.1) is 5.92 Å². The van der Waals surface area contributed by atoms with Crippen LogP contribution in [-0.4, -0.2) is 37.3 Å². The van der Waals surface area contributed by atoms with Crippen molar-refractivity contribution in [1.29, 1.82) is 0 Å². The molecule has 0 bridgehead atoms. The van der Waals surface area contributed by atoms with Crippen LogP contribution in [0.3, 0.4) is 0 Å². The van der Waals surface area contributed by atoms with Crippen molar-refractivity contribution >= 4 is 31.8 Å². The van der Waals surface area contributed by atoms with E-state index in [0.717, 1.165) is 12.8 Å². The highest BCUT2D eigenvalue weighted by molar-refractivity contribution is 9.10. The number of hydrogen-bond donors (Lipinski definition) is 1. The van der Waals surface area contributed by atoms with Gasteiger partial charge in [0.05, 0.1) is 0 Å². The normalized spacial score (nSPS) is 24.6. The van der Waals surface area contributed by atoms with E-state index in [2.05, 4.69) is 33.2 Å². The van der Waals surface area contributed by atoms with Crippen LogP contribution in [0.15, 0.2) is 21.6 Å². The molecule has 112 valence electrons. The highest BCUT2D eigenvalue weighted by atomic mass is 79.9. The molecule has 2 atom stereocenters. The van der Waals surface area contributed by atoms with Gasteiger partial charge in [0.15, 0.2) is 0 Å². The van der Waals surface area contributed by atoms with E-state index < -0.39 is 10.0 Å². The number of pyridine rings is 1. The van der Waals surface area contributed by atoms with Crippen molar-refractivity contribution in [2.24, 2.45) is 5.92 Å². The summed E-state index contributed by atoms with van der Waals surface area (Å²) in [6.45, 7) is 4.65. The minimum Gasteiger partial charge on any atom is -0.372 e. The molecule has 1 aromatic rings. The fourth-order valence-corrected chi connectivity index (χ4v) is 4.99. The Balaban J connectivity index is 2.47. The van der Waals surface area contributed by atoms with Gasteiger partial charge in [-0.15, -0.1) is 0 Å². The Bertz CT molecular complexity index is 591. The molecule has 1 saturated heterocycles. The first-order chi connectivity index (χ1) is 9.37. The van der Waals surface area contributed by atoms with E-state index >= 15 is 0 Å². The molecule has 1 N–H and O–H groups in total. The molecule has 2 heterocycles. The minimum absolute atomic E-state index is 0.0115. The molecule has 2 unspecified atom stereocenters. The van der Waals surface area contributed by atoms with Crippen LogP contribution in [-0.2, 0) is 10.0 Å². The summed E-state index contributed by atoms with van der Waals surface area (Å²) in [5.74, 6) is 0.760. The molecular weight excluding hydrogens is 342 g/mol. The average Bonchev–Trinajstić information content (AvgIpc) is 2.41. The van der Waals surface area contributed by atoms with E-state index in [1.807, 2.05) is 6.92 Å². The SMILES string of the molecule is CNc1ncc(Br)cc1S(=O)(=O)N1CCCC(C)C1C. The second-order valence-corrected chi connectivity index (χ2v) is 8.00. The zero-order valence-corrected chi connectivity index (χ0v) is 14.3. The van der Waals surface area contributed by atoms with E-state index in [1.54, 1.807) is 23.6 Å². The van der Waals surface area contributed by atoms with Crippen molar-refractivity contribution in [3.8, 4) is 0 Å². The van der Waals surface area contributed by atoms with Gasteiger partial charge in [0, 0.05) is 30.3 Å². The fraction of sp³-hybridized carbons (Fsp3) is 0.615. The van der Waals surface area contributed by atoms with Gasteiger partial charge < -0.3 is 5.32 Å². The maximum absolute atomic E-state index is 12.9. The second-order valence-electron chi connectivity index (χ2n) is 5.23. The number of rotatable bonds is 3. The number of hydrogen-bond acceptors (Lipinski definition) is 4. The molecule has 0 spiro atoms. The van der Waals surface area contributed by atoms with Gasteiger partial charge >= 0.3 is 0 Å². The quantitative estimate of drug-likeness (QED) is 0.898. The van der Waals surface area contributed by atoms with Crippen LogP contribution in [0.25, 0.3) is 0 Å². The number of aromatic nitrogens is 1. The summed E-state index contributed by atoms with van der Waals surface area (Å²) in [6.07, 6.45) is 3.57. The van der Waals surface area contributed by atoms with Gasteiger partial charge in [-0.1, -0.05) is 6.92 Å². The topological polar surface area (TPSA) is 62.3 Å². The van der Waals surface area contributed by atoms with E-state index in [4.69, 9.17) is 0 Å². The molecule has 1 aliphatic heterocycles. The molecule has 2 rings (SSSR count). The molecule has 5 nitrogen and oxygen atoms in total. The van der Waals surface area contributed by atoms with E-state index in [-0.39, 0.29) is 10.9 Å². The molecule has 0 saturated carbocycles. The van der Waals surface area contributed by atoms with Crippen LogP contribution in [0.5, 0.6) is 0 Å². The maximum Gasteiger partial charge on any atom is 0.247 e. The predicted molar refractivity (Wildman–Crippen MR) is 83.2 cm³/mol. The van der Waals surface area contributed by atoms with Crippen LogP contribution < -0.4 is 5.32 Å². The molecule has 0 aliphatic carbocycles. The largest absolute Gasteiger partial charge is 0.372 e. The summed E-state index contributed by atoms with van der Waals surface area (Å²) in [5.41, 5.74) is 0. The second kappa shape index (κ2) is 5.99. The maximum atomic E-state index is 12.9. The first-order valence-electron chi connectivity index (χ1n) is 6.73. The zero-order valence-electron chi connectivity index (χ0n) is 11.9. The third-order valence-corrected chi connectivity index (χ3v) is 6.39. The van der Waals surface area contributed by atoms with Gasteiger partial charge in [-0.2, -0.15) is 4.31 Å². The molecule has 0 amide bonds. The number of sulfonamides is 1. The lowest BCUT2D eigenvalue weighted by Gasteiger charge is -2.37. The summed E-state index contributed by atoms with van der Waals surface area (Å²) in [6, 6.07) is 1.62. The summed E-state index contributed by atoms with van der Waals surface area (Å²) >= 11 is 3.30. The van der Waals surface area contributed by atoms with E-state index in [0.29, 0.717) is 22.8 Å². The van der Waals surface area contributed by atoms with Gasteiger partial charge in [0.1, 0.15) is 10.7 Å². The fourth-order valence-electron chi connectivity index (χ4n) is 2.57. The van der Waals surface area contributed by atoms with Crippen LogP contribution >= 0.6 is 15.9 Å². The highest BCUT2D eigenvalue weighted by Gasteiger charge is 2.36. The summed E-state index contributed by atoms with van der Waals surface area (Å²) in [7, 11) is -1.85. The van der Waals surface area contributed by atoms with Crippen molar-refractivity contribution in [2.75, 3.05) is 18.9 Å². The molecule has 0 radical (unpaired) electrons. The molecule has 0 aromatic carbocycles. The molecule has 1 aliphatic rings. The Hall–Kier alpha value is -0.660. The Morgan fingerprint density at radius 3 is 2.80 bits per heavy atom. The van der Waals surface area contributed by atoms with Crippen molar-refractivity contribution < 1.29 is 8.42 Å². The van der Waals surface area contributed by atoms with Crippen molar-refractivity contribution in [3.05, 3.63) is 16.7 Å². The predicted octanol–water partition coefficient (Wildman–Crippen LogP) is 2.69. The third kappa shape index (κ3) is 2.84. The molecule has 20 heavy (non-hydrogen) atoms. The smallest absolute Gasteiger partial charge is 0.247 e. The lowest BCUT2D eigenvalue weighted by molar-refractivity contribution is 0.202. The molecule has 7 heteroatoms. The van der Waals surface area contributed by atoms with Crippen LogP contribution in [0.1, 0.15) is 26.7 Å². The van der Waals surface area contributed by atoms with Gasteiger partial charge in [0.2, 0.25) is 10.0 Å². The van der Waals surface area contributed by atoms with Gasteiger partial charge in [0.25, 0.3) is 0 Å². The number of nitrogens with zero attached hydrogens (tertiary/aromatic N) is 2. The van der Waals surface area contributed by atoms with E-state index in [1.165, 1.54) is 0 Å². The van der Waals surface area contributed by atoms with Crippen molar-refractivity contribution in [2.45, 2.75) is 37.6 Å². The standard InChI is InChI=1S/C13H20BrN3O2S/c1-9-5-4-6-17(10(9)2)20(18,19)12-7-11(14)8-16-13(12)15-3/h7-10H,4-6H2,1-3H3,(H,15,16). The Morgan fingerprint density at radius 1 is 1.45 bits per heavy atom.